The zero-order valence-corrected chi connectivity index (χ0v) is 15.9. The molecule has 0 amide bonds. The predicted molar refractivity (Wildman–Crippen MR) is 101 cm³/mol. The quantitative estimate of drug-likeness (QED) is 0.517. The van der Waals surface area contributed by atoms with Gasteiger partial charge in [0.05, 0.1) is 0 Å². The van der Waals surface area contributed by atoms with Gasteiger partial charge in [-0.3, -0.25) is 9.59 Å². The Morgan fingerprint density at radius 1 is 0.731 bits per heavy atom. The van der Waals surface area contributed by atoms with E-state index in [2.05, 4.69) is 13.8 Å². The first-order valence-corrected chi connectivity index (χ1v) is 9.05. The Morgan fingerprint density at radius 2 is 1.08 bits per heavy atom. The van der Waals surface area contributed by atoms with Crippen molar-refractivity contribution in [1.29, 1.82) is 0 Å². The average Bonchev–Trinajstić information content (AvgIpc) is 2.68. The fourth-order valence-corrected chi connectivity index (χ4v) is 2.76. The maximum absolute atomic E-state index is 11.4. The standard InChI is InChI=1S/C22H26O4/c1-5-20(23)25-18-12-8-16(9-13-18)22(4,7-3)17-10-14-19(15-11-17)26-21(24)6-2/h8-15H,5-7H2,1-4H3. The second-order valence-corrected chi connectivity index (χ2v) is 6.39. The van der Waals surface area contributed by atoms with Gasteiger partial charge in [-0.2, -0.15) is 0 Å². The number of carbonyl (C=O) groups excluding carboxylic acids is 2. The van der Waals surface area contributed by atoms with Gasteiger partial charge in [-0.25, -0.2) is 0 Å². The smallest absolute Gasteiger partial charge is 0.310 e. The Bertz CT molecular complexity index is 683. The van der Waals surface area contributed by atoms with Crippen LogP contribution in [0.15, 0.2) is 48.5 Å². The lowest BCUT2D eigenvalue weighted by atomic mass is 9.74. The molecule has 26 heavy (non-hydrogen) atoms. The van der Waals surface area contributed by atoms with Crippen molar-refractivity contribution < 1.29 is 19.1 Å². The molecule has 4 nitrogen and oxygen atoms in total. The second-order valence-electron chi connectivity index (χ2n) is 6.39. The summed E-state index contributed by atoms with van der Waals surface area (Å²) in [7, 11) is 0. The third-order valence-corrected chi connectivity index (χ3v) is 4.73. The van der Waals surface area contributed by atoms with Crippen molar-refractivity contribution in [3.05, 3.63) is 59.7 Å². The molecule has 0 aliphatic heterocycles. The molecule has 0 bridgehead atoms. The lowest BCUT2D eigenvalue weighted by Crippen LogP contribution is -2.22. The third-order valence-electron chi connectivity index (χ3n) is 4.73. The van der Waals surface area contributed by atoms with Crippen molar-refractivity contribution in [2.24, 2.45) is 0 Å². The van der Waals surface area contributed by atoms with Gasteiger partial charge in [0.1, 0.15) is 11.5 Å². The van der Waals surface area contributed by atoms with Gasteiger partial charge in [0, 0.05) is 18.3 Å². The van der Waals surface area contributed by atoms with Gasteiger partial charge in [0.2, 0.25) is 0 Å². The monoisotopic (exact) mass is 354 g/mol. The van der Waals surface area contributed by atoms with Crippen molar-refractivity contribution in [3.8, 4) is 11.5 Å². The van der Waals surface area contributed by atoms with E-state index in [0.29, 0.717) is 24.3 Å². The highest BCUT2D eigenvalue weighted by Gasteiger charge is 2.27. The van der Waals surface area contributed by atoms with Crippen LogP contribution >= 0.6 is 0 Å². The number of hydrogen-bond donors (Lipinski definition) is 0. The summed E-state index contributed by atoms with van der Waals surface area (Å²) < 4.78 is 10.5. The van der Waals surface area contributed by atoms with Crippen LogP contribution in [0.1, 0.15) is 58.1 Å². The molecule has 0 aliphatic carbocycles. The molecule has 0 radical (unpaired) electrons. The van der Waals surface area contributed by atoms with Gasteiger partial charge in [-0.15, -0.1) is 0 Å². The van der Waals surface area contributed by atoms with Gasteiger partial charge in [-0.1, -0.05) is 52.0 Å². The Kier molecular flexibility index (Phi) is 6.56. The van der Waals surface area contributed by atoms with E-state index in [1.807, 2.05) is 48.5 Å². The molecule has 2 rings (SSSR count). The molecule has 2 aromatic rings. The van der Waals surface area contributed by atoms with E-state index in [1.54, 1.807) is 13.8 Å². The average molecular weight is 354 g/mol. The lowest BCUT2D eigenvalue weighted by Gasteiger charge is -2.30. The van der Waals surface area contributed by atoms with Crippen molar-refractivity contribution in [2.45, 2.75) is 52.4 Å². The molecule has 0 heterocycles. The molecule has 4 heteroatoms. The minimum absolute atomic E-state index is 0.194. The maximum Gasteiger partial charge on any atom is 0.310 e. The first-order chi connectivity index (χ1) is 12.4. The molecule has 0 fully saturated rings. The van der Waals surface area contributed by atoms with E-state index in [0.717, 1.165) is 17.5 Å². The lowest BCUT2D eigenvalue weighted by molar-refractivity contribution is -0.134. The fraction of sp³-hybridized carbons (Fsp3) is 0.364. The summed E-state index contributed by atoms with van der Waals surface area (Å²) in [6, 6.07) is 15.3. The molecule has 138 valence electrons. The van der Waals surface area contributed by atoms with Gasteiger partial charge in [-0.05, 0) is 41.8 Å². The number of rotatable bonds is 7. The minimum Gasteiger partial charge on any atom is -0.427 e. The normalized spacial score (nSPS) is 11.1. The van der Waals surface area contributed by atoms with Crippen molar-refractivity contribution >= 4 is 11.9 Å². The summed E-state index contributed by atoms with van der Waals surface area (Å²) in [5.74, 6) is 0.628. The molecule has 0 aliphatic rings. The van der Waals surface area contributed by atoms with E-state index in [-0.39, 0.29) is 17.4 Å². The maximum atomic E-state index is 11.4. The third kappa shape index (κ3) is 4.51. The zero-order chi connectivity index (χ0) is 19.2. The molecule has 0 atom stereocenters. The SMILES string of the molecule is CCC(=O)Oc1ccc(C(C)(CC)c2ccc(OC(=O)CC)cc2)cc1. The molecule has 0 aromatic heterocycles. The van der Waals surface area contributed by atoms with Crippen LogP contribution in [0.25, 0.3) is 0 Å². The van der Waals surface area contributed by atoms with Crippen LogP contribution in [0.2, 0.25) is 0 Å². The second kappa shape index (κ2) is 8.65. The highest BCUT2D eigenvalue weighted by molar-refractivity contribution is 5.72. The van der Waals surface area contributed by atoms with Crippen LogP contribution < -0.4 is 9.47 Å². The minimum atomic E-state index is -0.242. The first kappa shape index (κ1) is 19.7. The molecule has 0 spiro atoms. The Morgan fingerprint density at radius 3 is 1.35 bits per heavy atom. The van der Waals surface area contributed by atoms with Gasteiger partial charge in [0.25, 0.3) is 0 Å². The van der Waals surface area contributed by atoms with Gasteiger partial charge in [0.15, 0.2) is 0 Å². The van der Waals surface area contributed by atoms with Crippen molar-refractivity contribution in [1.82, 2.24) is 0 Å². The number of benzene rings is 2. The van der Waals surface area contributed by atoms with E-state index < -0.39 is 0 Å². The summed E-state index contributed by atoms with van der Waals surface area (Å²) in [6.45, 7) is 7.85. The number of ether oxygens (including phenoxy) is 2. The largest absolute Gasteiger partial charge is 0.427 e. The Labute approximate surface area is 155 Å². The molecular formula is C22H26O4. The predicted octanol–water partition coefficient (Wildman–Crippen LogP) is 5.03. The van der Waals surface area contributed by atoms with Crippen molar-refractivity contribution in [2.75, 3.05) is 0 Å². The Hall–Kier alpha value is -2.62. The zero-order valence-electron chi connectivity index (χ0n) is 15.9. The summed E-state index contributed by atoms with van der Waals surface area (Å²) in [5.41, 5.74) is 2.07. The van der Waals surface area contributed by atoms with Gasteiger partial charge < -0.3 is 9.47 Å². The summed E-state index contributed by atoms with van der Waals surface area (Å²) >= 11 is 0. The van der Waals surface area contributed by atoms with Gasteiger partial charge >= 0.3 is 11.9 Å². The molecule has 0 saturated heterocycles. The molecule has 0 saturated carbocycles. The van der Waals surface area contributed by atoms with E-state index in [4.69, 9.17) is 9.47 Å². The highest BCUT2D eigenvalue weighted by atomic mass is 16.5. The highest BCUT2D eigenvalue weighted by Crippen LogP contribution is 2.36. The van der Waals surface area contributed by atoms with Crippen LogP contribution in [0.3, 0.4) is 0 Å². The fourth-order valence-electron chi connectivity index (χ4n) is 2.76. The van der Waals surface area contributed by atoms with E-state index in [1.165, 1.54) is 0 Å². The van der Waals surface area contributed by atoms with Crippen LogP contribution in [0, 0.1) is 0 Å². The summed E-state index contributed by atoms with van der Waals surface area (Å²) in [6.07, 6.45) is 1.60. The molecule has 2 aromatic carbocycles. The summed E-state index contributed by atoms with van der Waals surface area (Å²) in [5, 5.41) is 0. The summed E-state index contributed by atoms with van der Waals surface area (Å²) in [4.78, 5) is 22.8. The number of esters is 2. The number of hydrogen-bond acceptors (Lipinski definition) is 4. The van der Waals surface area contributed by atoms with E-state index >= 15 is 0 Å². The molecule has 0 unspecified atom stereocenters. The molecule has 0 N–H and O–H groups in total. The Balaban J connectivity index is 2.24. The topological polar surface area (TPSA) is 52.6 Å². The van der Waals surface area contributed by atoms with Crippen LogP contribution in [-0.2, 0) is 15.0 Å². The van der Waals surface area contributed by atoms with Crippen LogP contribution in [0.5, 0.6) is 11.5 Å². The first-order valence-electron chi connectivity index (χ1n) is 9.05. The van der Waals surface area contributed by atoms with Crippen LogP contribution in [-0.4, -0.2) is 11.9 Å². The number of carbonyl (C=O) groups is 2. The van der Waals surface area contributed by atoms with Crippen molar-refractivity contribution in [3.63, 3.8) is 0 Å². The van der Waals surface area contributed by atoms with Crippen LogP contribution in [0.4, 0.5) is 0 Å². The van der Waals surface area contributed by atoms with E-state index in [9.17, 15) is 9.59 Å². The molecular weight excluding hydrogens is 328 g/mol.